The highest BCUT2D eigenvalue weighted by Gasteiger charge is 2.31. The normalized spacial score (nSPS) is 16.7. The van der Waals surface area contributed by atoms with E-state index in [2.05, 4.69) is 5.32 Å². The molecule has 7 heteroatoms. The number of hydrogen-bond donors (Lipinski definition) is 2. The van der Waals surface area contributed by atoms with Crippen LogP contribution in [0.2, 0.25) is 0 Å². The molecule has 3 rings (SSSR count). The van der Waals surface area contributed by atoms with Gasteiger partial charge in [-0.2, -0.15) is 0 Å². The van der Waals surface area contributed by atoms with Crippen LogP contribution in [0.4, 0.5) is 11.4 Å². The molecule has 1 aliphatic rings. The molecule has 28 heavy (non-hydrogen) atoms. The number of nitrogens with zero attached hydrogens (tertiary/aromatic N) is 1. The smallest absolute Gasteiger partial charge is 0.310 e. The van der Waals surface area contributed by atoms with E-state index in [0.29, 0.717) is 22.7 Å². The lowest BCUT2D eigenvalue weighted by Gasteiger charge is -2.32. The van der Waals surface area contributed by atoms with Crippen molar-refractivity contribution in [3.05, 3.63) is 54.1 Å². The van der Waals surface area contributed by atoms with Gasteiger partial charge in [-0.3, -0.25) is 14.4 Å². The molecule has 2 N–H and O–H groups in total. The van der Waals surface area contributed by atoms with Crippen LogP contribution in [0.5, 0.6) is 5.75 Å². The molecule has 0 aromatic heterocycles. The Balaban J connectivity index is 1.66. The van der Waals surface area contributed by atoms with Gasteiger partial charge >= 0.3 is 5.97 Å². The topological polar surface area (TPSA) is 95.9 Å². The summed E-state index contributed by atoms with van der Waals surface area (Å²) in [6, 6.07) is 14.0. The second-order valence-corrected chi connectivity index (χ2v) is 6.70. The van der Waals surface area contributed by atoms with Crippen LogP contribution in [0.25, 0.3) is 0 Å². The number of carboxylic acid groups (broad SMARTS) is 1. The maximum Gasteiger partial charge on any atom is 0.310 e. The van der Waals surface area contributed by atoms with Crippen molar-refractivity contribution in [2.24, 2.45) is 0 Å². The summed E-state index contributed by atoms with van der Waals surface area (Å²) in [5.41, 5.74) is 1.78. The minimum Gasteiger partial charge on any atom is -0.481 e. The van der Waals surface area contributed by atoms with Gasteiger partial charge in [0.2, 0.25) is 5.91 Å². The molecular formula is C21H22N2O5. The number of para-hydroxylation sites is 2. The predicted octanol–water partition coefficient (Wildman–Crippen LogP) is 3.02. The van der Waals surface area contributed by atoms with Crippen LogP contribution in [0.15, 0.2) is 48.5 Å². The molecule has 0 saturated carbocycles. The molecule has 2 aromatic rings. The second-order valence-electron chi connectivity index (χ2n) is 6.70. The Bertz CT molecular complexity index is 911. The zero-order valence-electron chi connectivity index (χ0n) is 15.7. The third kappa shape index (κ3) is 4.14. The summed E-state index contributed by atoms with van der Waals surface area (Å²) in [7, 11) is 0. The van der Waals surface area contributed by atoms with Gasteiger partial charge in [0.05, 0.1) is 11.6 Å². The van der Waals surface area contributed by atoms with Crippen molar-refractivity contribution in [2.75, 3.05) is 16.8 Å². The number of nitrogens with one attached hydrogen (secondary N) is 1. The molecule has 0 radical (unpaired) electrons. The Labute approximate surface area is 162 Å². The Morgan fingerprint density at radius 1 is 1.21 bits per heavy atom. The average Bonchev–Trinajstić information content (AvgIpc) is 2.68. The van der Waals surface area contributed by atoms with Crippen LogP contribution in [-0.2, 0) is 14.4 Å². The fourth-order valence-electron chi connectivity index (χ4n) is 3.05. The first kappa shape index (κ1) is 19.4. The van der Waals surface area contributed by atoms with Crippen molar-refractivity contribution in [1.29, 1.82) is 0 Å². The van der Waals surface area contributed by atoms with E-state index in [4.69, 9.17) is 9.84 Å². The second kappa shape index (κ2) is 8.12. The number of aliphatic carboxylic acids is 1. The highest BCUT2D eigenvalue weighted by atomic mass is 16.5. The SMILES string of the molecule is CC1Oc2ccccc2N(CCC(=O)Nc2cccc(C(C)C(=O)O)c2)C1=O. The van der Waals surface area contributed by atoms with Crippen molar-refractivity contribution in [3.8, 4) is 5.75 Å². The lowest BCUT2D eigenvalue weighted by atomic mass is 10.0. The Kier molecular flexibility index (Phi) is 5.63. The summed E-state index contributed by atoms with van der Waals surface area (Å²) in [5.74, 6) is -1.43. The lowest BCUT2D eigenvalue weighted by molar-refractivity contribution is -0.138. The summed E-state index contributed by atoms with van der Waals surface area (Å²) in [6.07, 6.45) is -0.502. The average molecular weight is 382 g/mol. The molecule has 146 valence electrons. The highest BCUT2D eigenvalue weighted by molar-refractivity contribution is 6.00. The zero-order chi connectivity index (χ0) is 20.3. The fourth-order valence-corrected chi connectivity index (χ4v) is 3.05. The lowest BCUT2D eigenvalue weighted by Crippen LogP contribution is -2.45. The van der Waals surface area contributed by atoms with E-state index >= 15 is 0 Å². The van der Waals surface area contributed by atoms with Crippen molar-refractivity contribution in [3.63, 3.8) is 0 Å². The first-order chi connectivity index (χ1) is 13.4. The number of rotatable bonds is 6. The number of carbonyl (C=O) groups is 3. The largest absolute Gasteiger partial charge is 0.481 e. The molecule has 2 amide bonds. The Morgan fingerprint density at radius 3 is 2.71 bits per heavy atom. The Morgan fingerprint density at radius 2 is 1.96 bits per heavy atom. The summed E-state index contributed by atoms with van der Waals surface area (Å²) in [6.45, 7) is 3.49. The fraction of sp³-hybridized carbons (Fsp3) is 0.286. The molecule has 2 unspecified atom stereocenters. The molecule has 1 aliphatic heterocycles. The van der Waals surface area contributed by atoms with Gasteiger partial charge in [-0.05, 0) is 43.7 Å². The Hall–Kier alpha value is -3.35. The number of carboxylic acids is 1. The number of carbonyl (C=O) groups excluding carboxylic acids is 2. The number of benzene rings is 2. The van der Waals surface area contributed by atoms with Gasteiger partial charge in [-0.1, -0.05) is 24.3 Å². The quantitative estimate of drug-likeness (QED) is 0.801. The van der Waals surface area contributed by atoms with E-state index in [1.54, 1.807) is 55.1 Å². The predicted molar refractivity (Wildman–Crippen MR) is 105 cm³/mol. The molecule has 2 aromatic carbocycles. The van der Waals surface area contributed by atoms with Crippen LogP contribution in [0.3, 0.4) is 0 Å². The standard InChI is InChI=1S/C21H22N2O5/c1-13(21(26)27)15-6-5-7-16(12-15)22-19(24)10-11-23-17-8-3-4-9-18(17)28-14(2)20(23)25/h3-9,12-14H,10-11H2,1-2H3,(H,22,24)(H,26,27). The minimum absolute atomic E-state index is 0.103. The molecule has 0 saturated heterocycles. The van der Waals surface area contributed by atoms with Crippen molar-refractivity contribution >= 4 is 29.2 Å². The molecule has 2 atom stereocenters. The number of amides is 2. The van der Waals surface area contributed by atoms with Gasteiger partial charge in [-0.25, -0.2) is 0 Å². The van der Waals surface area contributed by atoms with Crippen molar-refractivity contribution < 1.29 is 24.2 Å². The van der Waals surface area contributed by atoms with Gasteiger partial charge in [0.25, 0.3) is 5.91 Å². The third-order valence-electron chi connectivity index (χ3n) is 4.68. The molecule has 7 nitrogen and oxygen atoms in total. The van der Waals surface area contributed by atoms with Crippen LogP contribution in [-0.4, -0.2) is 35.5 Å². The van der Waals surface area contributed by atoms with Crippen molar-refractivity contribution in [2.45, 2.75) is 32.3 Å². The van der Waals surface area contributed by atoms with E-state index in [1.807, 2.05) is 12.1 Å². The molecule has 0 bridgehead atoms. The molecule has 0 fully saturated rings. The zero-order valence-corrected chi connectivity index (χ0v) is 15.7. The van der Waals surface area contributed by atoms with Gasteiger partial charge in [-0.15, -0.1) is 0 Å². The van der Waals surface area contributed by atoms with Gasteiger partial charge < -0.3 is 20.1 Å². The van der Waals surface area contributed by atoms with E-state index in [1.165, 1.54) is 0 Å². The number of anilines is 2. The summed E-state index contributed by atoms with van der Waals surface area (Å²) >= 11 is 0. The van der Waals surface area contributed by atoms with Crippen molar-refractivity contribution in [1.82, 2.24) is 0 Å². The minimum atomic E-state index is -0.929. The maximum absolute atomic E-state index is 12.5. The number of ether oxygens (including phenoxy) is 1. The summed E-state index contributed by atoms with van der Waals surface area (Å²) < 4.78 is 5.59. The monoisotopic (exact) mass is 382 g/mol. The van der Waals surface area contributed by atoms with E-state index in [0.717, 1.165) is 0 Å². The molecular weight excluding hydrogens is 360 g/mol. The number of hydrogen-bond acceptors (Lipinski definition) is 4. The molecule has 0 aliphatic carbocycles. The first-order valence-corrected chi connectivity index (χ1v) is 9.06. The molecule has 0 spiro atoms. The molecule has 1 heterocycles. The van der Waals surface area contributed by atoms with Gasteiger partial charge in [0.15, 0.2) is 6.10 Å². The summed E-state index contributed by atoms with van der Waals surface area (Å²) in [4.78, 5) is 37.5. The first-order valence-electron chi connectivity index (χ1n) is 9.06. The van der Waals surface area contributed by atoms with Crippen LogP contribution in [0.1, 0.15) is 31.7 Å². The maximum atomic E-state index is 12.5. The number of fused-ring (bicyclic) bond motifs is 1. The summed E-state index contributed by atoms with van der Waals surface area (Å²) in [5, 5.41) is 11.9. The van der Waals surface area contributed by atoms with E-state index in [9.17, 15) is 14.4 Å². The van der Waals surface area contributed by atoms with Crippen LogP contribution < -0.4 is 15.0 Å². The van der Waals surface area contributed by atoms with Crippen LogP contribution >= 0.6 is 0 Å². The van der Waals surface area contributed by atoms with E-state index < -0.39 is 18.0 Å². The third-order valence-corrected chi connectivity index (χ3v) is 4.68. The highest BCUT2D eigenvalue weighted by Crippen LogP contribution is 2.33. The van der Waals surface area contributed by atoms with Gasteiger partial charge in [0.1, 0.15) is 5.75 Å². The van der Waals surface area contributed by atoms with E-state index in [-0.39, 0.29) is 24.8 Å². The van der Waals surface area contributed by atoms with Gasteiger partial charge in [0, 0.05) is 18.7 Å². The van der Waals surface area contributed by atoms with Crippen LogP contribution in [0, 0.1) is 0 Å².